The first-order valence-corrected chi connectivity index (χ1v) is 6.81. The third-order valence-corrected chi connectivity index (χ3v) is 3.75. The summed E-state index contributed by atoms with van der Waals surface area (Å²) in [7, 11) is 0. The number of H-pyrrole nitrogens is 2. The first kappa shape index (κ1) is 12.6. The zero-order valence-corrected chi connectivity index (χ0v) is 11.8. The van der Waals surface area contributed by atoms with E-state index in [0.29, 0.717) is 5.89 Å². The molecule has 108 valence electrons. The van der Waals surface area contributed by atoms with Gasteiger partial charge in [-0.25, -0.2) is 4.79 Å². The van der Waals surface area contributed by atoms with E-state index in [9.17, 15) is 4.79 Å². The Balaban J connectivity index is 1.91. The summed E-state index contributed by atoms with van der Waals surface area (Å²) in [6.45, 7) is 2.01. The Hall–Kier alpha value is -3.15. The van der Waals surface area contributed by atoms with Gasteiger partial charge in [-0.15, -0.1) is 0 Å². The molecule has 0 radical (unpaired) electrons. The van der Waals surface area contributed by atoms with Crippen molar-refractivity contribution in [3.8, 4) is 22.6 Å². The lowest BCUT2D eigenvalue weighted by molar-refractivity contribution is 0.430. The average molecular weight is 292 g/mol. The zero-order chi connectivity index (χ0) is 15.1. The topological polar surface area (TPSA) is 87.6 Å². The maximum Gasteiger partial charge on any atom is 0.323 e. The first-order valence-electron chi connectivity index (χ1n) is 6.81. The van der Waals surface area contributed by atoms with Crippen LogP contribution in [0.15, 0.2) is 52.0 Å². The van der Waals surface area contributed by atoms with E-state index in [4.69, 9.17) is 4.52 Å². The van der Waals surface area contributed by atoms with E-state index >= 15 is 0 Å². The zero-order valence-electron chi connectivity index (χ0n) is 11.8. The number of nitrogens with zero attached hydrogens (tertiary/aromatic N) is 2. The van der Waals surface area contributed by atoms with Crippen molar-refractivity contribution in [3.63, 3.8) is 0 Å². The van der Waals surface area contributed by atoms with E-state index in [0.717, 1.165) is 33.3 Å². The summed E-state index contributed by atoms with van der Waals surface area (Å²) in [4.78, 5) is 21.0. The Morgan fingerprint density at radius 1 is 1.05 bits per heavy atom. The highest BCUT2D eigenvalue weighted by atomic mass is 16.5. The summed E-state index contributed by atoms with van der Waals surface area (Å²) < 4.78 is 5.15. The molecule has 0 atom stereocenters. The summed E-state index contributed by atoms with van der Waals surface area (Å²) in [5, 5.41) is 3.66. The molecule has 0 fully saturated rings. The Morgan fingerprint density at radius 2 is 1.86 bits per heavy atom. The Labute approximate surface area is 124 Å². The molecule has 6 heteroatoms. The van der Waals surface area contributed by atoms with Crippen LogP contribution >= 0.6 is 0 Å². The standard InChI is InChI=1S/C16H12N4O2/c1-9-11(3-2-4-12(9)15-17-8-18-22-15)10-5-6-13-14(7-10)20-16(21)19-13/h2-8H,1H3,(H2,19,20,21). The van der Waals surface area contributed by atoms with Gasteiger partial charge in [-0.2, -0.15) is 4.98 Å². The fourth-order valence-electron chi connectivity index (χ4n) is 2.67. The highest BCUT2D eigenvalue weighted by Crippen LogP contribution is 2.31. The van der Waals surface area contributed by atoms with Crippen LogP contribution in [0.4, 0.5) is 0 Å². The predicted octanol–water partition coefficient (Wildman–Crippen LogP) is 2.88. The molecular formula is C16H12N4O2. The van der Waals surface area contributed by atoms with Crippen LogP contribution in [-0.4, -0.2) is 20.1 Å². The molecule has 0 aliphatic heterocycles. The molecule has 0 aliphatic carbocycles. The monoisotopic (exact) mass is 292 g/mol. The normalized spacial score (nSPS) is 11.1. The molecular weight excluding hydrogens is 280 g/mol. The fraction of sp³-hybridized carbons (Fsp3) is 0.0625. The van der Waals surface area contributed by atoms with Crippen molar-refractivity contribution in [1.29, 1.82) is 0 Å². The molecule has 2 N–H and O–H groups in total. The lowest BCUT2D eigenvalue weighted by atomic mass is 9.96. The van der Waals surface area contributed by atoms with E-state index in [2.05, 4.69) is 20.1 Å². The molecule has 2 heterocycles. The molecule has 4 rings (SSSR count). The summed E-state index contributed by atoms with van der Waals surface area (Å²) in [5.74, 6) is 0.496. The lowest BCUT2D eigenvalue weighted by Crippen LogP contribution is -1.99. The van der Waals surface area contributed by atoms with Crippen LogP contribution in [0.5, 0.6) is 0 Å². The van der Waals surface area contributed by atoms with Crippen LogP contribution in [0.2, 0.25) is 0 Å². The van der Waals surface area contributed by atoms with Gasteiger partial charge in [-0.1, -0.05) is 23.4 Å². The molecule has 0 spiro atoms. The molecule has 0 unspecified atom stereocenters. The Kier molecular flexibility index (Phi) is 2.69. The molecule has 4 aromatic rings. The largest absolute Gasteiger partial charge is 0.334 e. The SMILES string of the molecule is Cc1c(-c2ccc3[nH]c(=O)[nH]c3c2)cccc1-c1ncno1. The van der Waals surface area contributed by atoms with Gasteiger partial charge in [-0.3, -0.25) is 0 Å². The number of hydrogen-bond acceptors (Lipinski definition) is 4. The van der Waals surface area contributed by atoms with Crippen molar-refractivity contribution in [2.75, 3.05) is 0 Å². The van der Waals surface area contributed by atoms with Crippen molar-refractivity contribution in [1.82, 2.24) is 20.1 Å². The van der Waals surface area contributed by atoms with Gasteiger partial charge in [0.2, 0.25) is 0 Å². The van der Waals surface area contributed by atoms with Crippen molar-refractivity contribution in [2.45, 2.75) is 6.92 Å². The summed E-state index contributed by atoms with van der Waals surface area (Å²) in [6.07, 6.45) is 1.39. The molecule has 22 heavy (non-hydrogen) atoms. The van der Waals surface area contributed by atoms with Crippen LogP contribution < -0.4 is 5.69 Å². The van der Waals surface area contributed by atoms with Crippen LogP contribution in [0.25, 0.3) is 33.6 Å². The minimum atomic E-state index is -0.205. The van der Waals surface area contributed by atoms with Crippen molar-refractivity contribution in [2.24, 2.45) is 0 Å². The highest BCUT2D eigenvalue weighted by Gasteiger charge is 2.12. The minimum absolute atomic E-state index is 0.205. The van der Waals surface area contributed by atoms with Crippen molar-refractivity contribution < 1.29 is 4.52 Å². The van der Waals surface area contributed by atoms with Gasteiger partial charge in [0.1, 0.15) is 0 Å². The average Bonchev–Trinajstić information content (AvgIpc) is 3.15. The Bertz CT molecular complexity index is 1010. The van der Waals surface area contributed by atoms with Crippen LogP contribution in [0, 0.1) is 6.92 Å². The highest BCUT2D eigenvalue weighted by molar-refractivity contribution is 5.84. The second kappa shape index (κ2) is 4.70. The smallest absolute Gasteiger partial charge is 0.323 e. The number of benzene rings is 2. The second-order valence-corrected chi connectivity index (χ2v) is 5.06. The third kappa shape index (κ3) is 1.93. The van der Waals surface area contributed by atoms with E-state index in [1.807, 2.05) is 43.3 Å². The number of imidazole rings is 1. The molecule has 6 nitrogen and oxygen atoms in total. The molecule has 0 amide bonds. The second-order valence-electron chi connectivity index (χ2n) is 5.06. The number of aromatic amines is 2. The number of fused-ring (bicyclic) bond motifs is 1. The van der Waals surface area contributed by atoms with Gasteiger partial charge in [0.15, 0.2) is 6.33 Å². The van der Waals surface area contributed by atoms with E-state index in [-0.39, 0.29) is 5.69 Å². The molecule has 2 aromatic carbocycles. The predicted molar refractivity (Wildman–Crippen MR) is 82.4 cm³/mol. The maximum atomic E-state index is 11.4. The quantitative estimate of drug-likeness (QED) is 0.594. The van der Waals surface area contributed by atoms with Crippen molar-refractivity contribution in [3.05, 3.63) is 58.8 Å². The number of aromatic nitrogens is 4. The number of hydrogen-bond donors (Lipinski definition) is 2. The fourth-order valence-corrected chi connectivity index (χ4v) is 2.67. The lowest BCUT2D eigenvalue weighted by Gasteiger charge is -2.09. The van der Waals surface area contributed by atoms with Crippen LogP contribution in [-0.2, 0) is 0 Å². The van der Waals surface area contributed by atoms with Gasteiger partial charge in [-0.05, 0) is 41.8 Å². The van der Waals surface area contributed by atoms with Gasteiger partial charge >= 0.3 is 5.69 Å². The number of rotatable bonds is 2. The van der Waals surface area contributed by atoms with E-state index in [1.165, 1.54) is 6.33 Å². The minimum Gasteiger partial charge on any atom is -0.334 e. The van der Waals surface area contributed by atoms with Gasteiger partial charge in [0.05, 0.1) is 11.0 Å². The number of nitrogens with one attached hydrogen (secondary N) is 2. The van der Waals surface area contributed by atoms with Crippen LogP contribution in [0.3, 0.4) is 0 Å². The third-order valence-electron chi connectivity index (χ3n) is 3.75. The van der Waals surface area contributed by atoms with Gasteiger partial charge in [0.25, 0.3) is 5.89 Å². The molecule has 0 bridgehead atoms. The van der Waals surface area contributed by atoms with E-state index < -0.39 is 0 Å². The molecule has 0 saturated carbocycles. The molecule has 0 aliphatic rings. The Morgan fingerprint density at radius 3 is 2.68 bits per heavy atom. The molecule has 0 saturated heterocycles. The summed E-state index contributed by atoms with van der Waals surface area (Å²) in [5.41, 5.74) is 5.39. The molecule has 2 aromatic heterocycles. The van der Waals surface area contributed by atoms with Gasteiger partial charge in [0, 0.05) is 5.56 Å². The van der Waals surface area contributed by atoms with E-state index in [1.54, 1.807) is 0 Å². The summed E-state index contributed by atoms with van der Waals surface area (Å²) in [6, 6.07) is 11.7. The summed E-state index contributed by atoms with van der Waals surface area (Å²) >= 11 is 0. The first-order chi connectivity index (χ1) is 10.7. The maximum absolute atomic E-state index is 11.4. The van der Waals surface area contributed by atoms with Crippen molar-refractivity contribution >= 4 is 11.0 Å². The van der Waals surface area contributed by atoms with Gasteiger partial charge < -0.3 is 14.5 Å². The van der Waals surface area contributed by atoms with Crippen LogP contribution in [0.1, 0.15) is 5.56 Å².